The zero-order valence-corrected chi connectivity index (χ0v) is 21.9. The number of carbonyl (C=O) groups is 2. The fourth-order valence-corrected chi connectivity index (χ4v) is 4.28. The van der Waals surface area contributed by atoms with Gasteiger partial charge in [0, 0.05) is 12.0 Å². The lowest BCUT2D eigenvalue weighted by atomic mass is 9.98. The van der Waals surface area contributed by atoms with Crippen LogP contribution in [0.25, 0.3) is 11.0 Å². The molecule has 1 heterocycles. The molecular weight excluding hydrogens is 482 g/mol. The molecule has 0 aliphatic rings. The topological polar surface area (TPSA) is 94.8 Å². The summed E-state index contributed by atoms with van der Waals surface area (Å²) in [5.41, 5.74) is 3.64. The van der Waals surface area contributed by atoms with E-state index >= 15 is 0 Å². The number of nitrogens with one attached hydrogen (secondary N) is 1. The number of esters is 1. The molecule has 7 nitrogen and oxygen atoms in total. The van der Waals surface area contributed by atoms with Crippen LogP contribution in [0.4, 0.5) is 4.79 Å². The zero-order chi connectivity index (χ0) is 27.2. The van der Waals surface area contributed by atoms with Gasteiger partial charge in [-0.1, -0.05) is 74.5 Å². The molecule has 4 rings (SSSR count). The molecule has 1 amide bonds. The third-order valence-electron chi connectivity index (χ3n) is 6.33. The maximum absolute atomic E-state index is 13.3. The second-order valence-electron chi connectivity index (χ2n) is 9.64. The molecule has 0 aliphatic heterocycles. The summed E-state index contributed by atoms with van der Waals surface area (Å²) in [6.07, 6.45) is -0.332. The summed E-state index contributed by atoms with van der Waals surface area (Å²) in [7, 11) is 0. The van der Waals surface area contributed by atoms with Crippen molar-refractivity contribution in [2.75, 3.05) is 0 Å². The van der Waals surface area contributed by atoms with E-state index in [-0.39, 0.29) is 18.3 Å². The van der Waals surface area contributed by atoms with Gasteiger partial charge < -0.3 is 19.2 Å². The number of fused-ring (bicyclic) bond motifs is 1. The minimum atomic E-state index is -0.950. The Morgan fingerprint density at radius 1 is 0.921 bits per heavy atom. The van der Waals surface area contributed by atoms with Gasteiger partial charge in [0.25, 0.3) is 0 Å². The van der Waals surface area contributed by atoms with Gasteiger partial charge in [0.15, 0.2) is 0 Å². The molecule has 0 radical (unpaired) electrons. The Balaban J connectivity index is 1.59. The number of ether oxygens (including phenoxy) is 2. The molecule has 7 heteroatoms. The average molecular weight is 514 g/mol. The van der Waals surface area contributed by atoms with Crippen LogP contribution in [0.1, 0.15) is 41.7 Å². The molecule has 38 heavy (non-hydrogen) atoms. The predicted molar refractivity (Wildman–Crippen MR) is 145 cm³/mol. The molecule has 0 bridgehead atoms. The van der Waals surface area contributed by atoms with Gasteiger partial charge in [-0.3, -0.25) is 0 Å². The fraction of sp³-hybridized carbons (Fsp3) is 0.258. The summed E-state index contributed by atoms with van der Waals surface area (Å²) in [5.74, 6) is -0.639. The van der Waals surface area contributed by atoms with Crippen LogP contribution in [0.5, 0.6) is 5.75 Å². The van der Waals surface area contributed by atoms with E-state index in [4.69, 9.17) is 13.9 Å². The first kappa shape index (κ1) is 26.7. The van der Waals surface area contributed by atoms with Crippen molar-refractivity contribution in [3.05, 3.63) is 111 Å². The quantitative estimate of drug-likeness (QED) is 0.180. The van der Waals surface area contributed by atoms with Gasteiger partial charge in [-0.25, -0.2) is 14.4 Å². The number of carbonyl (C=O) groups excluding carboxylic acids is 2. The molecule has 4 aromatic rings. The van der Waals surface area contributed by atoms with Crippen molar-refractivity contribution in [3.8, 4) is 5.75 Å². The molecule has 0 aliphatic carbocycles. The highest BCUT2D eigenvalue weighted by molar-refractivity contribution is 5.92. The maximum atomic E-state index is 13.3. The van der Waals surface area contributed by atoms with Crippen LogP contribution >= 0.6 is 0 Å². The lowest BCUT2D eigenvalue weighted by Crippen LogP contribution is -2.46. The van der Waals surface area contributed by atoms with Gasteiger partial charge in [-0.05, 0) is 54.2 Å². The van der Waals surface area contributed by atoms with Crippen molar-refractivity contribution in [1.82, 2.24) is 5.32 Å². The summed E-state index contributed by atoms with van der Waals surface area (Å²) in [6, 6.07) is 21.4. The molecular formula is C31H31NO6. The highest BCUT2D eigenvalue weighted by Crippen LogP contribution is 2.32. The number of alkyl carbamates (subject to hydrolysis) is 1. The van der Waals surface area contributed by atoms with Crippen LogP contribution in [0, 0.1) is 19.8 Å². The van der Waals surface area contributed by atoms with E-state index in [0.29, 0.717) is 28.5 Å². The lowest BCUT2D eigenvalue weighted by molar-refractivity contribution is -0.137. The highest BCUT2D eigenvalue weighted by Gasteiger charge is 2.28. The molecule has 0 saturated heterocycles. The van der Waals surface area contributed by atoms with Gasteiger partial charge >= 0.3 is 17.7 Å². The zero-order valence-electron chi connectivity index (χ0n) is 21.9. The fourth-order valence-electron chi connectivity index (χ4n) is 4.28. The normalized spacial score (nSPS) is 11.8. The molecule has 1 N–H and O–H groups in total. The van der Waals surface area contributed by atoms with Crippen molar-refractivity contribution in [2.45, 2.75) is 46.8 Å². The SMILES string of the molecule is Cc1cc(OC(=O)C(NC(=O)OCc2ccccc2)C(C)C)c2c(C)c(Cc3ccccc3)c(=O)oc2c1. The number of hydrogen-bond acceptors (Lipinski definition) is 6. The molecule has 3 aromatic carbocycles. The number of amides is 1. The number of aryl methyl sites for hydroxylation is 2. The molecule has 1 aromatic heterocycles. The minimum absolute atomic E-state index is 0.0808. The Labute approximate surface area is 221 Å². The van der Waals surface area contributed by atoms with Crippen LogP contribution in [0.2, 0.25) is 0 Å². The highest BCUT2D eigenvalue weighted by atomic mass is 16.6. The van der Waals surface area contributed by atoms with Crippen LogP contribution in [-0.4, -0.2) is 18.1 Å². The van der Waals surface area contributed by atoms with Gasteiger partial charge in [-0.2, -0.15) is 0 Å². The monoisotopic (exact) mass is 513 g/mol. The molecule has 0 fully saturated rings. The second-order valence-corrected chi connectivity index (χ2v) is 9.64. The predicted octanol–water partition coefficient (Wildman–Crippen LogP) is 5.86. The third kappa shape index (κ3) is 6.29. The number of hydrogen-bond donors (Lipinski definition) is 1. The summed E-state index contributed by atoms with van der Waals surface area (Å²) in [5, 5.41) is 3.17. The van der Waals surface area contributed by atoms with E-state index in [1.54, 1.807) is 26.0 Å². The van der Waals surface area contributed by atoms with Crippen LogP contribution < -0.4 is 15.7 Å². The Bertz CT molecular complexity index is 1490. The average Bonchev–Trinajstić information content (AvgIpc) is 2.89. The van der Waals surface area contributed by atoms with E-state index in [9.17, 15) is 14.4 Å². The van der Waals surface area contributed by atoms with Crippen molar-refractivity contribution in [1.29, 1.82) is 0 Å². The van der Waals surface area contributed by atoms with Crippen LogP contribution in [0.15, 0.2) is 82.0 Å². The van der Waals surface area contributed by atoms with Crippen LogP contribution in [0.3, 0.4) is 0 Å². The van der Waals surface area contributed by atoms with Crippen molar-refractivity contribution >= 4 is 23.0 Å². The first-order chi connectivity index (χ1) is 18.2. The Morgan fingerprint density at radius 2 is 1.55 bits per heavy atom. The van der Waals surface area contributed by atoms with E-state index in [1.807, 2.05) is 74.5 Å². The molecule has 196 valence electrons. The van der Waals surface area contributed by atoms with Crippen molar-refractivity contribution < 1.29 is 23.5 Å². The first-order valence-corrected chi connectivity index (χ1v) is 12.5. The largest absolute Gasteiger partial charge is 0.445 e. The second kappa shape index (κ2) is 11.8. The van der Waals surface area contributed by atoms with Crippen molar-refractivity contribution in [3.63, 3.8) is 0 Å². The van der Waals surface area contributed by atoms with E-state index in [0.717, 1.165) is 16.7 Å². The summed E-state index contributed by atoms with van der Waals surface area (Å²) in [6.45, 7) is 7.34. The standard InChI is InChI=1S/C31H31NO6/c1-19(2)28(32-31(35)36-18-23-13-9-6-10-14-23)30(34)38-26-16-20(3)15-25-27(26)21(4)24(29(33)37-25)17-22-11-7-5-8-12-22/h5-16,19,28H,17-18H2,1-4H3,(H,32,35). The van der Waals surface area contributed by atoms with Crippen molar-refractivity contribution in [2.24, 2.45) is 5.92 Å². The van der Waals surface area contributed by atoms with E-state index < -0.39 is 23.7 Å². The summed E-state index contributed by atoms with van der Waals surface area (Å²) < 4.78 is 16.8. The maximum Gasteiger partial charge on any atom is 0.408 e. The molecule has 0 saturated carbocycles. The minimum Gasteiger partial charge on any atom is -0.445 e. The third-order valence-corrected chi connectivity index (χ3v) is 6.33. The lowest BCUT2D eigenvalue weighted by Gasteiger charge is -2.21. The molecule has 1 unspecified atom stereocenters. The smallest absolute Gasteiger partial charge is 0.408 e. The molecule has 1 atom stereocenters. The Morgan fingerprint density at radius 3 is 2.18 bits per heavy atom. The van der Waals surface area contributed by atoms with Gasteiger partial charge in [0.1, 0.15) is 24.0 Å². The Kier molecular flexibility index (Phi) is 8.26. The summed E-state index contributed by atoms with van der Waals surface area (Å²) >= 11 is 0. The van der Waals surface area contributed by atoms with E-state index in [2.05, 4.69) is 5.32 Å². The molecule has 0 spiro atoms. The van der Waals surface area contributed by atoms with Gasteiger partial charge in [0.2, 0.25) is 0 Å². The van der Waals surface area contributed by atoms with Gasteiger partial charge in [0.05, 0.1) is 5.39 Å². The first-order valence-electron chi connectivity index (χ1n) is 12.5. The number of rotatable bonds is 8. The number of benzene rings is 3. The van der Waals surface area contributed by atoms with Crippen LogP contribution in [-0.2, 0) is 22.6 Å². The summed E-state index contributed by atoms with van der Waals surface area (Å²) in [4.78, 5) is 38.6. The van der Waals surface area contributed by atoms with E-state index in [1.165, 1.54) is 0 Å². The Hall–Kier alpha value is -4.39. The van der Waals surface area contributed by atoms with Gasteiger partial charge in [-0.15, -0.1) is 0 Å².